The maximum Gasteiger partial charge on any atom is 0.197 e. The third-order valence-corrected chi connectivity index (χ3v) is 15.5. The van der Waals surface area contributed by atoms with Crippen LogP contribution in [0, 0.1) is 31.6 Å². The first kappa shape index (κ1) is 27.1. The van der Waals surface area contributed by atoms with Crippen LogP contribution < -0.4 is 10.4 Å². The minimum atomic E-state index is -2.38. The predicted octanol–water partition coefficient (Wildman–Crippen LogP) is 7.81. The lowest BCUT2D eigenvalue weighted by molar-refractivity contribution is 0.245. The van der Waals surface area contributed by atoms with Gasteiger partial charge < -0.3 is 4.57 Å². The molecule has 2 aromatic carbocycles. The Bertz CT molecular complexity index is 1070. The third-order valence-electron chi connectivity index (χ3n) is 9.30. The molecule has 0 spiro atoms. The van der Waals surface area contributed by atoms with E-state index in [1.54, 1.807) is 21.5 Å². The average molecular weight is 500 g/mol. The van der Waals surface area contributed by atoms with Crippen LogP contribution in [0.2, 0.25) is 5.54 Å². The summed E-state index contributed by atoms with van der Waals surface area (Å²) < 4.78 is 2.98. The van der Waals surface area contributed by atoms with Crippen LogP contribution >= 0.6 is 0 Å². The Hall–Kier alpha value is -1.90. The fraction of sp³-hybridized carbons (Fsp3) is 0.529. The summed E-state index contributed by atoms with van der Waals surface area (Å²) in [4.78, 5) is 0. The van der Waals surface area contributed by atoms with Crippen LogP contribution in [-0.2, 0) is 0 Å². The molecule has 2 fully saturated rings. The Labute approximate surface area is 222 Å². The predicted molar refractivity (Wildman–Crippen MR) is 161 cm³/mol. The Morgan fingerprint density at radius 3 is 1.81 bits per heavy atom. The fourth-order valence-corrected chi connectivity index (χ4v) is 14.9. The van der Waals surface area contributed by atoms with Gasteiger partial charge in [0.05, 0.1) is 0 Å². The highest BCUT2D eigenvalue weighted by Gasteiger charge is 2.59. The van der Waals surface area contributed by atoms with Gasteiger partial charge in [-0.25, -0.2) is 0 Å². The molecule has 0 heterocycles. The van der Waals surface area contributed by atoms with Gasteiger partial charge >= 0.3 is 0 Å². The molecular formula is C34H49NSi. The maximum atomic E-state index is 2.98. The van der Waals surface area contributed by atoms with Crippen molar-refractivity contribution in [3.05, 3.63) is 83.0 Å². The smallest absolute Gasteiger partial charge is 0.197 e. The van der Waals surface area contributed by atoms with E-state index in [4.69, 9.17) is 0 Å². The first-order valence-electron chi connectivity index (χ1n) is 14.0. The standard InChI is InChI=1S/C33H45NSi.CH4/c1-8-34(33(5,6)7)35(29-16-12-23(2)13-17-29,30-18-14-24(3)15-19-30)32-25(4)20-28-21-26-10-9-11-27(26)22-31(28)32;/h12-19,21-22,25,28,31-32H,8-11,20H2,1-7H3;1H4. The SMILES string of the molecule is C.CCN(C(C)(C)C)[Si](c1ccc(C)cc1)(c1ccc(C)cc1)C1C(C)CC2C=C3CCCC3=CC21. The highest BCUT2D eigenvalue weighted by molar-refractivity contribution is 7.01. The van der Waals surface area contributed by atoms with Crippen molar-refractivity contribution in [3.63, 3.8) is 0 Å². The van der Waals surface area contributed by atoms with E-state index >= 15 is 0 Å². The zero-order valence-corrected chi connectivity index (χ0v) is 24.1. The second-order valence-electron chi connectivity index (χ2n) is 12.6. The van der Waals surface area contributed by atoms with E-state index < -0.39 is 8.24 Å². The molecule has 0 saturated heterocycles. The van der Waals surface area contributed by atoms with Gasteiger partial charge in [-0.15, -0.1) is 0 Å². The minimum absolute atomic E-state index is 0. The number of rotatable bonds is 5. The number of nitrogens with zero attached hydrogens (tertiary/aromatic N) is 1. The monoisotopic (exact) mass is 499 g/mol. The second kappa shape index (κ2) is 10.1. The summed E-state index contributed by atoms with van der Waals surface area (Å²) in [5, 5.41) is 3.20. The lowest BCUT2D eigenvalue weighted by Gasteiger charge is -2.55. The molecule has 1 nitrogen and oxygen atoms in total. The Balaban J connectivity index is 0.00000304. The largest absolute Gasteiger partial charge is 0.312 e. The van der Waals surface area contributed by atoms with E-state index in [-0.39, 0.29) is 13.0 Å². The molecule has 0 aliphatic heterocycles. The molecule has 0 bridgehead atoms. The van der Waals surface area contributed by atoms with Crippen LogP contribution in [0.1, 0.15) is 78.9 Å². The number of hydrogen-bond donors (Lipinski definition) is 0. The van der Waals surface area contributed by atoms with Gasteiger partial charge in [-0.3, -0.25) is 0 Å². The van der Waals surface area contributed by atoms with Gasteiger partial charge in [0.2, 0.25) is 0 Å². The summed E-state index contributed by atoms with van der Waals surface area (Å²) in [7, 11) is -2.38. The molecular weight excluding hydrogens is 450 g/mol. The number of aryl methyl sites for hydroxylation is 2. The van der Waals surface area contributed by atoms with Crippen LogP contribution in [0.25, 0.3) is 0 Å². The molecule has 3 aliphatic carbocycles. The molecule has 0 N–H and O–H groups in total. The Morgan fingerprint density at radius 1 is 0.833 bits per heavy atom. The molecule has 0 radical (unpaired) electrons. The maximum absolute atomic E-state index is 2.98. The van der Waals surface area contributed by atoms with E-state index in [2.05, 4.69) is 114 Å². The van der Waals surface area contributed by atoms with Gasteiger partial charge in [0.1, 0.15) is 0 Å². The summed E-state index contributed by atoms with van der Waals surface area (Å²) in [6, 6.07) is 19.5. The van der Waals surface area contributed by atoms with Gasteiger partial charge in [-0.05, 0) is 112 Å². The molecule has 4 unspecified atom stereocenters. The first-order chi connectivity index (χ1) is 16.7. The molecule has 2 saturated carbocycles. The quantitative estimate of drug-likeness (QED) is 0.379. The number of fused-ring (bicyclic) bond motifs is 2. The minimum Gasteiger partial charge on any atom is -0.312 e. The molecule has 194 valence electrons. The van der Waals surface area contributed by atoms with Crippen molar-refractivity contribution in [2.75, 3.05) is 6.54 Å². The van der Waals surface area contributed by atoms with Crippen LogP contribution in [0.3, 0.4) is 0 Å². The molecule has 5 rings (SSSR count). The number of benzene rings is 2. The van der Waals surface area contributed by atoms with Crippen LogP contribution in [0.4, 0.5) is 0 Å². The van der Waals surface area contributed by atoms with E-state index in [1.165, 1.54) is 36.8 Å². The lowest BCUT2D eigenvalue weighted by atomic mass is 9.85. The van der Waals surface area contributed by atoms with Gasteiger partial charge in [0.25, 0.3) is 0 Å². The number of allylic oxidation sites excluding steroid dienone is 4. The van der Waals surface area contributed by atoms with E-state index in [9.17, 15) is 0 Å². The zero-order valence-electron chi connectivity index (χ0n) is 23.1. The first-order valence-corrected chi connectivity index (χ1v) is 16.0. The highest BCUT2D eigenvalue weighted by atomic mass is 28.3. The van der Waals surface area contributed by atoms with E-state index in [1.807, 2.05) is 0 Å². The summed E-state index contributed by atoms with van der Waals surface area (Å²) in [5.41, 5.74) is 6.82. The molecule has 2 aromatic rings. The highest BCUT2D eigenvalue weighted by Crippen LogP contribution is 2.56. The molecule has 0 amide bonds. The Morgan fingerprint density at radius 2 is 1.33 bits per heavy atom. The van der Waals surface area contributed by atoms with Gasteiger partial charge in [-0.2, -0.15) is 0 Å². The number of hydrogen-bond acceptors (Lipinski definition) is 1. The molecule has 0 aromatic heterocycles. The summed E-state index contributed by atoms with van der Waals surface area (Å²) in [6.07, 6.45) is 10.8. The van der Waals surface area contributed by atoms with Crippen LogP contribution in [0.15, 0.2) is 71.8 Å². The Kier molecular flexibility index (Phi) is 7.62. The molecule has 2 heteroatoms. The van der Waals surface area contributed by atoms with E-state index in [0.717, 1.165) is 6.54 Å². The van der Waals surface area contributed by atoms with Crippen molar-refractivity contribution in [2.45, 2.75) is 92.7 Å². The molecule has 3 aliphatic rings. The lowest BCUT2D eigenvalue weighted by Crippen LogP contribution is -2.77. The summed E-state index contributed by atoms with van der Waals surface area (Å²) >= 11 is 0. The van der Waals surface area contributed by atoms with Crippen molar-refractivity contribution in [3.8, 4) is 0 Å². The summed E-state index contributed by atoms with van der Waals surface area (Å²) in [5.74, 6) is 2.05. The van der Waals surface area contributed by atoms with Crippen molar-refractivity contribution in [1.82, 2.24) is 4.57 Å². The van der Waals surface area contributed by atoms with Crippen molar-refractivity contribution in [2.24, 2.45) is 17.8 Å². The van der Waals surface area contributed by atoms with Gasteiger partial charge in [0.15, 0.2) is 8.24 Å². The van der Waals surface area contributed by atoms with Crippen molar-refractivity contribution >= 4 is 18.6 Å². The molecule has 36 heavy (non-hydrogen) atoms. The normalized spacial score (nSPS) is 25.7. The van der Waals surface area contributed by atoms with E-state index in [0.29, 0.717) is 23.3 Å². The third kappa shape index (κ3) is 4.39. The van der Waals surface area contributed by atoms with Crippen molar-refractivity contribution < 1.29 is 0 Å². The fourth-order valence-electron chi connectivity index (χ4n) is 8.05. The zero-order chi connectivity index (χ0) is 25.0. The van der Waals surface area contributed by atoms with Gasteiger partial charge in [-0.1, -0.05) is 93.1 Å². The van der Waals surface area contributed by atoms with Crippen LogP contribution in [-0.4, -0.2) is 24.9 Å². The topological polar surface area (TPSA) is 3.24 Å². The molecule has 4 atom stereocenters. The van der Waals surface area contributed by atoms with Crippen LogP contribution in [0.5, 0.6) is 0 Å². The second-order valence-corrected chi connectivity index (χ2v) is 16.5. The van der Waals surface area contributed by atoms with Crippen molar-refractivity contribution in [1.29, 1.82) is 0 Å². The van der Waals surface area contributed by atoms with Gasteiger partial charge in [0, 0.05) is 5.54 Å². The summed E-state index contributed by atoms with van der Waals surface area (Å²) in [6.45, 7) is 17.9. The average Bonchev–Trinajstić information content (AvgIpc) is 3.39.